The Labute approximate surface area is 246 Å². The van der Waals surface area contributed by atoms with Gasteiger partial charge in [-0.3, -0.25) is 0 Å². The van der Waals surface area contributed by atoms with E-state index in [0.29, 0.717) is 17.2 Å². The van der Waals surface area contributed by atoms with Crippen molar-refractivity contribution in [3.63, 3.8) is 0 Å². The van der Waals surface area contributed by atoms with Gasteiger partial charge in [-0.05, 0) is 52.3 Å². The minimum Gasteiger partial charge on any atom is -0.491 e. The zero-order valence-electron chi connectivity index (χ0n) is 26.1. The molecule has 0 aliphatic heterocycles. The lowest BCUT2D eigenvalue weighted by Gasteiger charge is -2.28. The van der Waals surface area contributed by atoms with E-state index < -0.39 is 12.2 Å². The first-order chi connectivity index (χ1) is 19.2. The van der Waals surface area contributed by atoms with E-state index in [0.717, 1.165) is 5.92 Å². The van der Waals surface area contributed by atoms with E-state index in [1.54, 1.807) is 24.3 Å². The van der Waals surface area contributed by atoms with Gasteiger partial charge in [0.1, 0.15) is 49.3 Å². The van der Waals surface area contributed by atoms with Crippen molar-refractivity contribution in [1.82, 2.24) is 0 Å². The molecule has 2 unspecified atom stereocenters. The van der Waals surface area contributed by atoms with Crippen LogP contribution in [-0.4, -0.2) is 54.0 Å². The molecule has 0 aliphatic rings. The first-order valence-electron chi connectivity index (χ1n) is 14.4. The SMILES string of the molecule is CC(C)(C)c1ccc(C(C)(C)c2ccc(OCC(O)COc3cccc(OCC(O)CO)c3)cc2)cc1.CC(C)C. The van der Waals surface area contributed by atoms with Crippen molar-refractivity contribution in [2.24, 2.45) is 5.92 Å². The van der Waals surface area contributed by atoms with Crippen LogP contribution in [0.15, 0.2) is 72.8 Å². The van der Waals surface area contributed by atoms with Gasteiger partial charge < -0.3 is 29.5 Å². The smallest absolute Gasteiger partial charge is 0.123 e. The Kier molecular flexibility index (Phi) is 13.2. The summed E-state index contributed by atoms with van der Waals surface area (Å²) in [4.78, 5) is 0. The molecule has 0 heterocycles. The predicted molar refractivity (Wildman–Crippen MR) is 166 cm³/mol. The molecule has 0 aromatic heterocycles. The molecule has 6 heteroatoms. The maximum atomic E-state index is 10.3. The van der Waals surface area contributed by atoms with Crippen LogP contribution in [0.4, 0.5) is 0 Å². The summed E-state index contributed by atoms with van der Waals surface area (Å²) in [6.07, 6.45) is -1.76. The fourth-order valence-corrected chi connectivity index (χ4v) is 3.85. The molecule has 0 radical (unpaired) electrons. The maximum absolute atomic E-state index is 10.3. The summed E-state index contributed by atoms with van der Waals surface area (Å²) in [5, 5.41) is 28.6. The summed E-state index contributed by atoms with van der Waals surface area (Å²) in [5.41, 5.74) is 3.72. The highest BCUT2D eigenvalue weighted by Crippen LogP contribution is 2.34. The largest absolute Gasteiger partial charge is 0.491 e. The fraction of sp³-hybridized carbons (Fsp3) is 0.486. The Morgan fingerprint density at radius 2 is 0.976 bits per heavy atom. The van der Waals surface area contributed by atoms with Crippen molar-refractivity contribution in [3.05, 3.63) is 89.5 Å². The Morgan fingerprint density at radius 3 is 1.41 bits per heavy atom. The molecular formula is C35H50O6. The second-order valence-electron chi connectivity index (χ2n) is 12.6. The quantitative estimate of drug-likeness (QED) is 0.231. The van der Waals surface area contributed by atoms with Gasteiger partial charge in [-0.15, -0.1) is 0 Å². The highest BCUT2D eigenvalue weighted by Gasteiger charge is 2.24. The van der Waals surface area contributed by atoms with Gasteiger partial charge in [-0.2, -0.15) is 0 Å². The molecule has 0 saturated carbocycles. The molecule has 0 fully saturated rings. The maximum Gasteiger partial charge on any atom is 0.123 e. The molecular weight excluding hydrogens is 516 g/mol. The standard InChI is InChI=1S/C31H40O6.C4H10/c1-30(2,3)22-9-11-23(12-10-22)31(4,5)24-13-15-27(16-14-24)35-20-26(34)21-37-29-8-6-7-28(17-29)36-19-25(33)18-32;1-4(2)3/h6-17,25-26,32-34H,18-21H2,1-5H3;4H,1-3H3. The fourth-order valence-electron chi connectivity index (χ4n) is 3.85. The lowest BCUT2D eigenvalue weighted by atomic mass is 9.77. The van der Waals surface area contributed by atoms with E-state index in [1.807, 2.05) is 12.1 Å². The zero-order valence-corrected chi connectivity index (χ0v) is 26.1. The summed E-state index contributed by atoms with van der Waals surface area (Å²) >= 11 is 0. The van der Waals surface area contributed by atoms with Gasteiger partial charge in [-0.1, -0.05) is 97.9 Å². The van der Waals surface area contributed by atoms with Crippen LogP contribution >= 0.6 is 0 Å². The number of ether oxygens (including phenoxy) is 3. The molecule has 0 aliphatic carbocycles. The predicted octanol–water partition coefficient (Wildman–Crippen LogP) is 6.52. The van der Waals surface area contributed by atoms with E-state index in [1.165, 1.54) is 16.7 Å². The van der Waals surface area contributed by atoms with Gasteiger partial charge in [0.2, 0.25) is 0 Å². The highest BCUT2D eigenvalue weighted by atomic mass is 16.5. The topological polar surface area (TPSA) is 88.4 Å². The Bertz CT molecular complexity index is 1140. The van der Waals surface area contributed by atoms with Crippen molar-refractivity contribution in [2.45, 2.75) is 78.4 Å². The second kappa shape index (κ2) is 15.8. The second-order valence-corrected chi connectivity index (χ2v) is 12.6. The monoisotopic (exact) mass is 566 g/mol. The number of rotatable bonds is 12. The van der Waals surface area contributed by atoms with Gasteiger partial charge >= 0.3 is 0 Å². The van der Waals surface area contributed by atoms with Crippen molar-refractivity contribution in [1.29, 1.82) is 0 Å². The molecule has 3 aromatic carbocycles. The first kappa shape index (κ1) is 34.1. The van der Waals surface area contributed by atoms with E-state index in [2.05, 4.69) is 91.8 Å². The third kappa shape index (κ3) is 11.8. The van der Waals surface area contributed by atoms with Crippen LogP contribution in [0.3, 0.4) is 0 Å². The van der Waals surface area contributed by atoms with E-state index in [9.17, 15) is 10.2 Å². The average molecular weight is 567 g/mol. The summed E-state index contributed by atoms with van der Waals surface area (Å²) < 4.78 is 16.8. The van der Waals surface area contributed by atoms with Crippen LogP contribution in [-0.2, 0) is 10.8 Å². The molecule has 226 valence electrons. The third-order valence-electron chi connectivity index (χ3n) is 6.39. The Balaban J connectivity index is 0.00000138. The molecule has 3 aromatic rings. The number of aliphatic hydroxyl groups is 3. The number of hydrogen-bond acceptors (Lipinski definition) is 6. The first-order valence-corrected chi connectivity index (χ1v) is 14.4. The molecule has 3 rings (SSSR count). The van der Waals surface area contributed by atoms with Gasteiger partial charge in [0.25, 0.3) is 0 Å². The van der Waals surface area contributed by atoms with Crippen LogP contribution in [0.5, 0.6) is 17.2 Å². The molecule has 0 bridgehead atoms. The van der Waals surface area contributed by atoms with Crippen LogP contribution in [0.25, 0.3) is 0 Å². The summed E-state index contributed by atoms with van der Waals surface area (Å²) in [7, 11) is 0. The number of benzene rings is 3. The minimum absolute atomic E-state index is 0.0180. The Morgan fingerprint density at radius 1 is 0.585 bits per heavy atom. The molecule has 0 saturated heterocycles. The highest BCUT2D eigenvalue weighted by molar-refractivity contribution is 5.41. The van der Waals surface area contributed by atoms with Gasteiger partial charge in [0.05, 0.1) is 6.61 Å². The molecule has 2 atom stereocenters. The zero-order chi connectivity index (χ0) is 30.6. The van der Waals surface area contributed by atoms with Crippen LogP contribution < -0.4 is 14.2 Å². The van der Waals surface area contributed by atoms with Crippen LogP contribution in [0.2, 0.25) is 0 Å². The van der Waals surface area contributed by atoms with Gasteiger partial charge in [0.15, 0.2) is 0 Å². The third-order valence-corrected chi connectivity index (χ3v) is 6.39. The van der Waals surface area contributed by atoms with Crippen molar-refractivity contribution >= 4 is 0 Å². The van der Waals surface area contributed by atoms with Crippen molar-refractivity contribution in [3.8, 4) is 17.2 Å². The molecule has 0 amide bonds. The number of aliphatic hydroxyl groups excluding tert-OH is 3. The molecule has 0 spiro atoms. The summed E-state index contributed by atoms with van der Waals surface area (Å²) in [6.45, 7) is 17.3. The normalized spacial score (nSPS) is 13.2. The van der Waals surface area contributed by atoms with E-state index >= 15 is 0 Å². The van der Waals surface area contributed by atoms with Gasteiger partial charge in [-0.25, -0.2) is 0 Å². The van der Waals surface area contributed by atoms with Crippen LogP contribution in [0.1, 0.15) is 72.1 Å². The van der Waals surface area contributed by atoms with Crippen molar-refractivity contribution < 1.29 is 29.5 Å². The van der Waals surface area contributed by atoms with E-state index in [-0.39, 0.29) is 37.3 Å². The summed E-state index contributed by atoms with van der Waals surface area (Å²) in [6, 6.07) is 23.7. The molecule has 3 N–H and O–H groups in total. The average Bonchev–Trinajstić information content (AvgIpc) is 2.93. The lowest BCUT2D eigenvalue weighted by molar-refractivity contribution is 0.0529. The number of hydrogen-bond donors (Lipinski definition) is 3. The minimum atomic E-state index is -0.941. The summed E-state index contributed by atoms with van der Waals surface area (Å²) in [5.74, 6) is 2.54. The molecule has 6 nitrogen and oxygen atoms in total. The lowest BCUT2D eigenvalue weighted by Crippen LogP contribution is -2.25. The van der Waals surface area contributed by atoms with Crippen molar-refractivity contribution in [2.75, 3.05) is 26.4 Å². The molecule has 41 heavy (non-hydrogen) atoms. The van der Waals surface area contributed by atoms with Crippen LogP contribution in [0, 0.1) is 5.92 Å². The van der Waals surface area contributed by atoms with Gasteiger partial charge in [0, 0.05) is 11.5 Å². The Hall–Kier alpha value is -3.06. The van der Waals surface area contributed by atoms with E-state index in [4.69, 9.17) is 19.3 Å².